The molecule has 0 spiro atoms. The highest BCUT2D eigenvalue weighted by Crippen LogP contribution is 2.21. The first-order chi connectivity index (χ1) is 7.57. The van der Waals surface area contributed by atoms with Crippen molar-refractivity contribution < 1.29 is 9.32 Å². The smallest absolute Gasteiger partial charge is 0.273 e. The quantitative estimate of drug-likeness (QED) is 0.737. The molecule has 90 valence electrons. The van der Waals surface area contributed by atoms with E-state index in [1.807, 2.05) is 20.8 Å². The summed E-state index contributed by atoms with van der Waals surface area (Å²) >= 11 is 0. The van der Waals surface area contributed by atoms with Gasteiger partial charge in [-0.3, -0.25) is 4.79 Å². The highest BCUT2D eigenvalue weighted by molar-refractivity contribution is 5.93. The molecule has 1 rings (SSSR count). The first kappa shape index (κ1) is 12.7. The van der Waals surface area contributed by atoms with Crippen LogP contribution in [0.4, 0.5) is 0 Å². The van der Waals surface area contributed by atoms with Crippen LogP contribution in [-0.2, 0) is 0 Å². The third-order valence-electron chi connectivity index (χ3n) is 2.37. The van der Waals surface area contributed by atoms with E-state index in [4.69, 9.17) is 10.3 Å². The molecule has 0 aromatic carbocycles. The molecule has 1 heterocycles. The Bertz CT molecular complexity index is 358. The molecule has 0 saturated carbocycles. The van der Waals surface area contributed by atoms with Gasteiger partial charge in [0.2, 0.25) is 0 Å². The molecule has 1 aromatic heterocycles. The van der Waals surface area contributed by atoms with E-state index in [-0.39, 0.29) is 11.8 Å². The van der Waals surface area contributed by atoms with Crippen LogP contribution in [0.25, 0.3) is 0 Å². The molecule has 0 atom stereocenters. The Hall–Kier alpha value is -1.36. The minimum absolute atomic E-state index is 0.193. The SMILES string of the molecule is Cc1c(C(=O)NCCCN)noc1C(C)C. The van der Waals surface area contributed by atoms with Crippen molar-refractivity contribution >= 4 is 5.91 Å². The monoisotopic (exact) mass is 225 g/mol. The second kappa shape index (κ2) is 5.65. The van der Waals surface area contributed by atoms with Crippen molar-refractivity contribution in [2.24, 2.45) is 5.73 Å². The maximum Gasteiger partial charge on any atom is 0.273 e. The van der Waals surface area contributed by atoms with Crippen LogP contribution in [0, 0.1) is 6.92 Å². The number of hydrogen-bond donors (Lipinski definition) is 2. The fourth-order valence-electron chi connectivity index (χ4n) is 1.49. The Balaban J connectivity index is 2.69. The van der Waals surface area contributed by atoms with Crippen molar-refractivity contribution in [2.45, 2.75) is 33.1 Å². The lowest BCUT2D eigenvalue weighted by Gasteiger charge is -2.02. The van der Waals surface area contributed by atoms with Gasteiger partial charge in [0.05, 0.1) is 0 Å². The van der Waals surface area contributed by atoms with E-state index >= 15 is 0 Å². The molecule has 0 aliphatic carbocycles. The van der Waals surface area contributed by atoms with E-state index in [1.54, 1.807) is 0 Å². The maximum atomic E-state index is 11.7. The zero-order valence-corrected chi connectivity index (χ0v) is 10.0. The summed E-state index contributed by atoms with van der Waals surface area (Å²) in [5.74, 6) is 0.809. The Morgan fingerprint density at radius 1 is 1.56 bits per heavy atom. The molecule has 0 bridgehead atoms. The predicted molar refractivity (Wildman–Crippen MR) is 61.3 cm³/mol. The van der Waals surface area contributed by atoms with Gasteiger partial charge in [-0.25, -0.2) is 0 Å². The van der Waals surface area contributed by atoms with E-state index in [2.05, 4.69) is 10.5 Å². The molecular formula is C11H19N3O2. The third kappa shape index (κ3) is 2.82. The average Bonchev–Trinajstić information content (AvgIpc) is 2.60. The predicted octanol–water partition coefficient (Wildman–Crippen LogP) is 1.19. The molecule has 1 aromatic rings. The van der Waals surface area contributed by atoms with Crippen LogP contribution in [0.1, 0.15) is 48.0 Å². The fourth-order valence-corrected chi connectivity index (χ4v) is 1.49. The van der Waals surface area contributed by atoms with Crippen molar-refractivity contribution in [2.75, 3.05) is 13.1 Å². The van der Waals surface area contributed by atoms with Gasteiger partial charge in [0.15, 0.2) is 5.69 Å². The number of nitrogens with one attached hydrogen (secondary N) is 1. The van der Waals surface area contributed by atoms with E-state index in [0.29, 0.717) is 18.8 Å². The number of nitrogens with zero attached hydrogens (tertiary/aromatic N) is 1. The zero-order valence-electron chi connectivity index (χ0n) is 10.0. The molecule has 0 aliphatic rings. The van der Waals surface area contributed by atoms with Crippen LogP contribution < -0.4 is 11.1 Å². The number of hydrogen-bond acceptors (Lipinski definition) is 4. The third-order valence-corrected chi connectivity index (χ3v) is 2.37. The Kier molecular flexibility index (Phi) is 4.49. The van der Waals surface area contributed by atoms with Crippen molar-refractivity contribution in [3.05, 3.63) is 17.0 Å². The van der Waals surface area contributed by atoms with E-state index in [9.17, 15) is 4.79 Å². The molecule has 1 amide bonds. The molecule has 0 fully saturated rings. The molecule has 0 unspecified atom stereocenters. The second-order valence-electron chi connectivity index (χ2n) is 4.07. The number of nitrogens with two attached hydrogens (primary N) is 1. The molecule has 0 saturated heterocycles. The molecule has 5 heteroatoms. The molecule has 0 aliphatic heterocycles. The van der Waals surface area contributed by atoms with E-state index in [1.165, 1.54) is 0 Å². The molecule has 5 nitrogen and oxygen atoms in total. The number of aromatic nitrogens is 1. The number of amides is 1. The van der Waals surface area contributed by atoms with Crippen LogP contribution in [-0.4, -0.2) is 24.2 Å². The summed E-state index contributed by atoms with van der Waals surface area (Å²) in [6, 6.07) is 0. The molecule has 0 radical (unpaired) electrons. The van der Waals surface area contributed by atoms with Gasteiger partial charge in [-0.15, -0.1) is 0 Å². The Morgan fingerprint density at radius 3 is 2.75 bits per heavy atom. The lowest BCUT2D eigenvalue weighted by atomic mass is 10.1. The normalized spacial score (nSPS) is 10.8. The summed E-state index contributed by atoms with van der Waals surface area (Å²) < 4.78 is 5.15. The van der Waals surface area contributed by atoms with E-state index < -0.39 is 0 Å². The van der Waals surface area contributed by atoms with Crippen LogP contribution in [0.3, 0.4) is 0 Å². The highest BCUT2D eigenvalue weighted by Gasteiger charge is 2.19. The fraction of sp³-hybridized carbons (Fsp3) is 0.636. The number of rotatable bonds is 5. The van der Waals surface area contributed by atoms with Crippen molar-refractivity contribution in [1.29, 1.82) is 0 Å². The Labute approximate surface area is 95.4 Å². The lowest BCUT2D eigenvalue weighted by molar-refractivity contribution is 0.0944. The van der Waals surface area contributed by atoms with Crippen LogP contribution in [0.2, 0.25) is 0 Å². The lowest BCUT2D eigenvalue weighted by Crippen LogP contribution is -2.26. The second-order valence-corrected chi connectivity index (χ2v) is 4.07. The van der Waals surface area contributed by atoms with Gasteiger partial charge in [0, 0.05) is 18.0 Å². The van der Waals surface area contributed by atoms with Gasteiger partial charge in [0.1, 0.15) is 5.76 Å². The number of carbonyl (C=O) groups is 1. The van der Waals surface area contributed by atoms with Crippen molar-refractivity contribution in [3.63, 3.8) is 0 Å². The zero-order chi connectivity index (χ0) is 12.1. The summed E-state index contributed by atoms with van der Waals surface area (Å²) in [5, 5.41) is 6.55. The van der Waals surface area contributed by atoms with Crippen LogP contribution in [0.5, 0.6) is 0 Å². The largest absolute Gasteiger partial charge is 0.360 e. The number of carbonyl (C=O) groups excluding carboxylic acids is 1. The summed E-state index contributed by atoms with van der Waals surface area (Å²) in [5.41, 5.74) is 6.54. The molecule has 3 N–H and O–H groups in total. The average molecular weight is 225 g/mol. The van der Waals surface area contributed by atoms with Gasteiger partial charge in [-0.1, -0.05) is 19.0 Å². The Morgan fingerprint density at radius 2 is 2.25 bits per heavy atom. The summed E-state index contributed by atoms with van der Waals surface area (Å²) in [7, 11) is 0. The van der Waals surface area contributed by atoms with Gasteiger partial charge in [-0.2, -0.15) is 0 Å². The maximum absolute atomic E-state index is 11.7. The van der Waals surface area contributed by atoms with Gasteiger partial charge < -0.3 is 15.6 Å². The van der Waals surface area contributed by atoms with Gasteiger partial charge in [0.25, 0.3) is 5.91 Å². The first-order valence-electron chi connectivity index (χ1n) is 5.52. The topological polar surface area (TPSA) is 81.2 Å². The first-order valence-corrected chi connectivity index (χ1v) is 5.52. The van der Waals surface area contributed by atoms with Crippen LogP contribution in [0.15, 0.2) is 4.52 Å². The summed E-state index contributed by atoms with van der Waals surface area (Å²) in [6.07, 6.45) is 0.764. The van der Waals surface area contributed by atoms with Gasteiger partial charge in [-0.05, 0) is 19.9 Å². The van der Waals surface area contributed by atoms with Crippen molar-refractivity contribution in [3.8, 4) is 0 Å². The molecular weight excluding hydrogens is 206 g/mol. The highest BCUT2D eigenvalue weighted by atomic mass is 16.5. The standard InChI is InChI=1S/C11H19N3O2/c1-7(2)10-8(3)9(14-16-10)11(15)13-6-4-5-12/h7H,4-6,12H2,1-3H3,(H,13,15). The summed E-state index contributed by atoms with van der Waals surface area (Å²) in [4.78, 5) is 11.7. The minimum Gasteiger partial charge on any atom is -0.360 e. The molecule has 16 heavy (non-hydrogen) atoms. The van der Waals surface area contributed by atoms with Crippen LogP contribution >= 0.6 is 0 Å². The minimum atomic E-state index is -0.193. The summed E-state index contributed by atoms with van der Waals surface area (Å²) in [6.45, 7) is 6.99. The van der Waals surface area contributed by atoms with Gasteiger partial charge >= 0.3 is 0 Å². The van der Waals surface area contributed by atoms with E-state index in [0.717, 1.165) is 17.7 Å². The van der Waals surface area contributed by atoms with Crippen molar-refractivity contribution in [1.82, 2.24) is 10.5 Å².